The molecule has 0 amide bonds. The fraction of sp³-hybridized carbons (Fsp3) is 0.583. The van der Waals surface area contributed by atoms with Crippen molar-refractivity contribution in [3.8, 4) is 0 Å². The Bertz CT molecular complexity index is 378. The second-order valence-corrected chi connectivity index (χ2v) is 4.26. The maximum atomic E-state index is 11.4. The third-order valence-electron chi connectivity index (χ3n) is 3.24. The molecule has 1 aliphatic rings. The van der Waals surface area contributed by atoms with Gasteiger partial charge in [-0.25, -0.2) is 4.79 Å². The maximum absolute atomic E-state index is 11.4. The van der Waals surface area contributed by atoms with Gasteiger partial charge in [-0.3, -0.25) is 0 Å². The number of hydrogen-bond donors (Lipinski definition) is 1. The van der Waals surface area contributed by atoms with Crippen LogP contribution in [0, 0.1) is 0 Å². The van der Waals surface area contributed by atoms with E-state index in [0.29, 0.717) is 11.7 Å². The molecule has 1 saturated heterocycles. The summed E-state index contributed by atoms with van der Waals surface area (Å²) in [5.74, 6) is -0.270. The Morgan fingerprint density at radius 3 is 3.06 bits per heavy atom. The zero-order valence-electron chi connectivity index (χ0n) is 9.82. The Labute approximate surface area is 95.6 Å². The van der Waals surface area contributed by atoms with Gasteiger partial charge in [-0.05, 0) is 31.5 Å². The molecule has 0 aromatic carbocycles. The molecule has 1 aromatic heterocycles. The average Bonchev–Trinajstić information content (AvgIpc) is 2.90. The summed E-state index contributed by atoms with van der Waals surface area (Å²) < 4.78 is 6.65. The smallest absolute Gasteiger partial charge is 0.354 e. The fourth-order valence-corrected chi connectivity index (χ4v) is 2.25. The monoisotopic (exact) mass is 222 g/mol. The molecular formula is C12H18N2O2. The highest BCUT2D eigenvalue weighted by molar-refractivity contribution is 5.87. The molecule has 0 aliphatic carbocycles. The van der Waals surface area contributed by atoms with Gasteiger partial charge in [-0.2, -0.15) is 0 Å². The summed E-state index contributed by atoms with van der Waals surface area (Å²) in [6.45, 7) is 1.11. The van der Waals surface area contributed by atoms with Crippen molar-refractivity contribution in [1.82, 2.24) is 9.88 Å². The van der Waals surface area contributed by atoms with Crippen LogP contribution in [0.5, 0.6) is 0 Å². The van der Waals surface area contributed by atoms with Gasteiger partial charge in [-0.15, -0.1) is 0 Å². The average molecular weight is 222 g/mol. The van der Waals surface area contributed by atoms with Crippen molar-refractivity contribution < 1.29 is 9.53 Å². The summed E-state index contributed by atoms with van der Waals surface area (Å²) in [5.41, 5.74) is 1.80. The molecule has 0 spiro atoms. The highest BCUT2D eigenvalue weighted by Crippen LogP contribution is 2.15. The van der Waals surface area contributed by atoms with E-state index in [1.54, 1.807) is 0 Å². The lowest BCUT2D eigenvalue weighted by atomic mass is 10.1. The molecule has 4 heteroatoms. The van der Waals surface area contributed by atoms with E-state index in [1.807, 2.05) is 23.7 Å². The van der Waals surface area contributed by atoms with Crippen molar-refractivity contribution in [2.75, 3.05) is 13.7 Å². The molecule has 1 N–H and O–H groups in total. The van der Waals surface area contributed by atoms with E-state index in [1.165, 1.54) is 25.6 Å². The first-order valence-electron chi connectivity index (χ1n) is 5.68. The van der Waals surface area contributed by atoms with E-state index < -0.39 is 0 Å². The van der Waals surface area contributed by atoms with Crippen LogP contribution >= 0.6 is 0 Å². The van der Waals surface area contributed by atoms with Gasteiger partial charge >= 0.3 is 5.97 Å². The van der Waals surface area contributed by atoms with Gasteiger partial charge in [-0.1, -0.05) is 0 Å². The number of nitrogens with zero attached hydrogens (tertiary/aromatic N) is 1. The molecule has 0 bridgehead atoms. The van der Waals surface area contributed by atoms with Crippen molar-refractivity contribution in [1.29, 1.82) is 0 Å². The van der Waals surface area contributed by atoms with Crippen molar-refractivity contribution in [2.24, 2.45) is 7.05 Å². The van der Waals surface area contributed by atoms with Crippen LogP contribution in [0.25, 0.3) is 0 Å². The van der Waals surface area contributed by atoms with Gasteiger partial charge in [0.05, 0.1) is 7.11 Å². The van der Waals surface area contributed by atoms with Gasteiger partial charge in [0.15, 0.2) is 0 Å². The zero-order valence-corrected chi connectivity index (χ0v) is 9.82. The van der Waals surface area contributed by atoms with Crippen LogP contribution in [0.4, 0.5) is 0 Å². The van der Waals surface area contributed by atoms with E-state index in [2.05, 4.69) is 5.32 Å². The molecule has 1 fully saturated rings. The summed E-state index contributed by atoms with van der Waals surface area (Å²) in [6, 6.07) is 4.39. The molecule has 1 aliphatic heterocycles. The molecule has 1 atom stereocenters. The summed E-state index contributed by atoms with van der Waals surface area (Å²) in [4.78, 5) is 11.4. The highest BCUT2D eigenvalue weighted by atomic mass is 16.5. The number of rotatable bonds is 3. The molecular weight excluding hydrogens is 204 g/mol. The first-order chi connectivity index (χ1) is 7.72. The third kappa shape index (κ3) is 2.11. The quantitative estimate of drug-likeness (QED) is 0.779. The predicted octanol–water partition coefficient (Wildman–Crippen LogP) is 1.11. The molecule has 0 radical (unpaired) electrons. The van der Waals surface area contributed by atoms with E-state index in [9.17, 15) is 4.79 Å². The van der Waals surface area contributed by atoms with Gasteiger partial charge in [0.2, 0.25) is 0 Å². The number of methoxy groups -OCH3 is 1. The molecule has 16 heavy (non-hydrogen) atoms. The van der Waals surface area contributed by atoms with Crippen LogP contribution in [0.15, 0.2) is 12.1 Å². The van der Waals surface area contributed by atoms with Crippen molar-refractivity contribution in [2.45, 2.75) is 25.3 Å². The van der Waals surface area contributed by atoms with Crippen LogP contribution in [0.3, 0.4) is 0 Å². The number of carbonyl (C=O) groups excluding carboxylic acids is 1. The number of ether oxygens (including phenoxy) is 1. The second-order valence-electron chi connectivity index (χ2n) is 4.26. The number of esters is 1. The summed E-state index contributed by atoms with van der Waals surface area (Å²) in [6.07, 6.45) is 3.45. The van der Waals surface area contributed by atoms with Crippen LogP contribution in [0.2, 0.25) is 0 Å². The second kappa shape index (κ2) is 4.70. The number of nitrogens with one attached hydrogen (secondary N) is 1. The van der Waals surface area contributed by atoms with Gasteiger partial charge in [0, 0.05) is 25.2 Å². The minimum atomic E-state index is -0.270. The topological polar surface area (TPSA) is 43.3 Å². The number of carbonyl (C=O) groups is 1. The number of aromatic nitrogens is 1. The van der Waals surface area contributed by atoms with Gasteiger partial charge in [0.25, 0.3) is 0 Å². The van der Waals surface area contributed by atoms with E-state index >= 15 is 0 Å². The molecule has 2 heterocycles. The Balaban J connectivity index is 2.10. The Kier molecular flexibility index (Phi) is 3.29. The van der Waals surface area contributed by atoms with E-state index in [-0.39, 0.29) is 5.97 Å². The Hall–Kier alpha value is -1.29. The minimum absolute atomic E-state index is 0.270. The van der Waals surface area contributed by atoms with E-state index in [0.717, 1.165) is 13.0 Å². The molecule has 1 unspecified atom stereocenters. The van der Waals surface area contributed by atoms with Crippen LogP contribution in [-0.4, -0.2) is 30.2 Å². The molecule has 2 rings (SSSR count). The Morgan fingerprint density at radius 2 is 2.44 bits per heavy atom. The molecule has 1 aromatic rings. The van der Waals surface area contributed by atoms with Crippen molar-refractivity contribution in [3.63, 3.8) is 0 Å². The summed E-state index contributed by atoms with van der Waals surface area (Å²) >= 11 is 0. The minimum Gasteiger partial charge on any atom is -0.464 e. The SMILES string of the molecule is COC(=O)c1ccc(CC2CCCN2)n1C. The van der Waals surface area contributed by atoms with Crippen LogP contribution in [0.1, 0.15) is 29.0 Å². The maximum Gasteiger partial charge on any atom is 0.354 e. The molecule has 0 saturated carbocycles. The van der Waals surface area contributed by atoms with E-state index in [4.69, 9.17) is 4.74 Å². The van der Waals surface area contributed by atoms with Gasteiger partial charge in [0.1, 0.15) is 5.69 Å². The first kappa shape index (κ1) is 11.2. The third-order valence-corrected chi connectivity index (χ3v) is 3.24. The Morgan fingerprint density at radius 1 is 1.62 bits per heavy atom. The van der Waals surface area contributed by atoms with Crippen LogP contribution in [-0.2, 0) is 18.2 Å². The summed E-state index contributed by atoms with van der Waals surface area (Å²) in [7, 11) is 3.32. The largest absolute Gasteiger partial charge is 0.464 e. The lowest BCUT2D eigenvalue weighted by Crippen LogP contribution is -2.25. The molecule has 88 valence electrons. The lowest BCUT2D eigenvalue weighted by Gasteiger charge is -2.11. The predicted molar refractivity (Wildman–Crippen MR) is 61.5 cm³/mol. The van der Waals surface area contributed by atoms with Crippen molar-refractivity contribution >= 4 is 5.97 Å². The molecule has 4 nitrogen and oxygen atoms in total. The zero-order chi connectivity index (χ0) is 11.5. The normalized spacial score (nSPS) is 20.0. The summed E-state index contributed by atoms with van der Waals surface area (Å²) in [5, 5.41) is 3.46. The highest BCUT2D eigenvalue weighted by Gasteiger charge is 2.18. The van der Waals surface area contributed by atoms with Crippen molar-refractivity contribution in [3.05, 3.63) is 23.5 Å². The number of hydrogen-bond acceptors (Lipinski definition) is 3. The standard InChI is InChI=1S/C12H18N2O2/c1-14-10(8-9-4-3-7-13-9)5-6-11(14)12(15)16-2/h5-6,9,13H,3-4,7-8H2,1-2H3. The van der Waals surface area contributed by atoms with Gasteiger partial charge < -0.3 is 14.6 Å². The van der Waals surface area contributed by atoms with Crippen LogP contribution < -0.4 is 5.32 Å². The fourth-order valence-electron chi connectivity index (χ4n) is 2.25. The first-order valence-corrected chi connectivity index (χ1v) is 5.68. The lowest BCUT2D eigenvalue weighted by molar-refractivity contribution is 0.0589.